The van der Waals surface area contributed by atoms with Gasteiger partial charge < -0.3 is 15.6 Å². The molecule has 0 aliphatic rings. The molecule has 0 fully saturated rings. The maximum Gasteiger partial charge on any atom is 0.224 e. The maximum absolute atomic E-state index is 9.94. The largest absolute Gasteiger partial charge is 0.507 e. The van der Waals surface area contributed by atoms with Gasteiger partial charge in [-0.3, -0.25) is 0 Å². The van der Waals surface area contributed by atoms with E-state index in [-0.39, 0.29) is 11.7 Å². The highest BCUT2D eigenvalue weighted by Gasteiger charge is 2.09. The highest BCUT2D eigenvalue weighted by atomic mass is 16.5. The molecule has 0 aliphatic heterocycles. The minimum absolute atomic E-state index is 0.0887. The number of nitrogens with two attached hydrogens (primary N) is 1. The topological polar surface area (TPSA) is 94.2 Å². The van der Waals surface area contributed by atoms with Gasteiger partial charge in [-0.05, 0) is 35.9 Å². The summed E-state index contributed by atoms with van der Waals surface area (Å²) in [7, 11) is 1.62. The summed E-state index contributed by atoms with van der Waals surface area (Å²) < 4.78 is 5.19. The summed E-state index contributed by atoms with van der Waals surface area (Å²) in [6.07, 6.45) is 3.59. The van der Waals surface area contributed by atoms with E-state index < -0.39 is 0 Å². The van der Waals surface area contributed by atoms with Gasteiger partial charge in [0.1, 0.15) is 11.5 Å². The number of aromatic nitrogens is 3. The van der Waals surface area contributed by atoms with Gasteiger partial charge in [0.15, 0.2) is 11.6 Å². The van der Waals surface area contributed by atoms with Crippen LogP contribution in [0.15, 0.2) is 48.5 Å². The predicted molar refractivity (Wildman–Crippen MR) is 93.3 cm³/mol. The first kappa shape index (κ1) is 15.5. The third-order valence-electron chi connectivity index (χ3n) is 3.33. The highest BCUT2D eigenvalue weighted by molar-refractivity contribution is 5.70. The number of phenolic OH excluding ortho intramolecular Hbond substituents is 1. The van der Waals surface area contributed by atoms with E-state index in [1.165, 1.54) is 0 Å². The number of hydrogen-bond donors (Lipinski definition) is 2. The maximum atomic E-state index is 9.94. The third-order valence-corrected chi connectivity index (χ3v) is 3.33. The summed E-state index contributed by atoms with van der Waals surface area (Å²) in [6.45, 7) is 0. The molecule has 0 unspecified atom stereocenters. The van der Waals surface area contributed by atoms with Crippen LogP contribution in [0.2, 0.25) is 0 Å². The monoisotopic (exact) mass is 320 g/mol. The second-order valence-corrected chi connectivity index (χ2v) is 5.00. The van der Waals surface area contributed by atoms with E-state index in [0.29, 0.717) is 17.2 Å². The van der Waals surface area contributed by atoms with Crippen LogP contribution in [0.1, 0.15) is 11.4 Å². The molecule has 3 N–H and O–H groups in total. The number of benzene rings is 2. The Morgan fingerprint density at radius 3 is 2.62 bits per heavy atom. The van der Waals surface area contributed by atoms with Crippen LogP contribution in [-0.4, -0.2) is 27.2 Å². The molecule has 1 aromatic heterocycles. The smallest absolute Gasteiger partial charge is 0.224 e. The van der Waals surface area contributed by atoms with E-state index in [1.54, 1.807) is 37.5 Å². The lowest BCUT2D eigenvalue weighted by Crippen LogP contribution is -2.02. The minimum Gasteiger partial charge on any atom is -0.507 e. The first-order valence-electron chi connectivity index (χ1n) is 7.28. The molecule has 0 bridgehead atoms. The number of aromatic hydroxyl groups is 1. The van der Waals surface area contributed by atoms with Crippen LogP contribution >= 0.6 is 0 Å². The molecule has 0 saturated heterocycles. The number of ether oxygens (including phenoxy) is 1. The Balaban J connectivity index is 1.94. The standard InChI is InChI=1S/C18H16N4O2/c1-24-13-6-4-5-12(11-13)9-10-16-20-17(22-18(19)21-16)14-7-2-3-8-15(14)23/h2-11,23H,1H3,(H2,19,20,21,22)/b10-9+. The second kappa shape index (κ2) is 6.78. The van der Waals surface area contributed by atoms with Gasteiger partial charge in [-0.1, -0.05) is 30.3 Å². The Morgan fingerprint density at radius 2 is 1.83 bits per heavy atom. The van der Waals surface area contributed by atoms with Gasteiger partial charge in [-0.2, -0.15) is 9.97 Å². The van der Waals surface area contributed by atoms with Gasteiger partial charge >= 0.3 is 0 Å². The van der Waals surface area contributed by atoms with Crippen molar-refractivity contribution in [3.8, 4) is 22.9 Å². The molecule has 0 saturated carbocycles. The summed E-state index contributed by atoms with van der Waals surface area (Å²) in [5.41, 5.74) is 7.21. The van der Waals surface area contributed by atoms with Crippen molar-refractivity contribution in [2.75, 3.05) is 12.8 Å². The number of anilines is 1. The zero-order chi connectivity index (χ0) is 16.9. The number of para-hydroxylation sites is 1. The Morgan fingerprint density at radius 1 is 1.00 bits per heavy atom. The van der Waals surface area contributed by atoms with Gasteiger partial charge in [0.05, 0.1) is 12.7 Å². The summed E-state index contributed by atoms with van der Waals surface area (Å²) >= 11 is 0. The molecule has 0 radical (unpaired) electrons. The van der Waals surface area contributed by atoms with Crippen molar-refractivity contribution in [2.24, 2.45) is 0 Å². The zero-order valence-electron chi connectivity index (χ0n) is 13.0. The van der Waals surface area contributed by atoms with Crippen molar-refractivity contribution in [1.29, 1.82) is 0 Å². The molecule has 0 atom stereocenters. The summed E-state index contributed by atoms with van der Waals surface area (Å²) in [6, 6.07) is 14.4. The normalized spacial score (nSPS) is 10.9. The Hall–Kier alpha value is -3.41. The van der Waals surface area contributed by atoms with Crippen LogP contribution in [0.3, 0.4) is 0 Å². The van der Waals surface area contributed by atoms with Crippen molar-refractivity contribution >= 4 is 18.1 Å². The lowest BCUT2D eigenvalue weighted by Gasteiger charge is -2.04. The van der Waals surface area contributed by atoms with Crippen LogP contribution in [0, 0.1) is 0 Å². The number of rotatable bonds is 4. The summed E-state index contributed by atoms with van der Waals surface area (Å²) in [5, 5.41) is 9.94. The number of nitrogens with zero attached hydrogens (tertiary/aromatic N) is 3. The van der Waals surface area contributed by atoms with E-state index in [9.17, 15) is 5.11 Å². The zero-order valence-corrected chi connectivity index (χ0v) is 13.0. The molecular formula is C18H16N4O2. The van der Waals surface area contributed by atoms with Crippen LogP contribution in [0.25, 0.3) is 23.5 Å². The van der Waals surface area contributed by atoms with Gasteiger partial charge in [0.2, 0.25) is 5.95 Å². The first-order valence-corrected chi connectivity index (χ1v) is 7.28. The number of hydrogen-bond acceptors (Lipinski definition) is 6. The van der Waals surface area contributed by atoms with Gasteiger partial charge in [-0.25, -0.2) is 4.98 Å². The quantitative estimate of drug-likeness (QED) is 0.767. The van der Waals surface area contributed by atoms with Crippen molar-refractivity contribution in [3.63, 3.8) is 0 Å². The lowest BCUT2D eigenvalue weighted by atomic mass is 10.2. The molecule has 120 valence electrons. The molecule has 3 rings (SSSR count). The van der Waals surface area contributed by atoms with Gasteiger partial charge in [0.25, 0.3) is 0 Å². The van der Waals surface area contributed by atoms with E-state index >= 15 is 0 Å². The minimum atomic E-state index is 0.0887. The van der Waals surface area contributed by atoms with Crippen LogP contribution < -0.4 is 10.5 Å². The number of nitrogen functional groups attached to an aromatic ring is 1. The van der Waals surface area contributed by atoms with Crippen LogP contribution in [0.5, 0.6) is 11.5 Å². The molecule has 3 aromatic rings. The molecule has 6 nitrogen and oxygen atoms in total. The van der Waals surface area contributed by atoms with Crippen LogP contribution in [-0.2, 0) is 0 Å². The fraction of sp³-hybridized carbons (Fsp3) is 0.0556. The second-order valence-electron chi connectivity index (χ2n) is 5.00. The fourth-order valence-electron chi connectivity index (χ4n) is 2.18. The summed E-state index contributed by atoms with van der Waals surface area (Å²) in [5.74, 6) is 1.68. The first-order chi connectivity index (χ1) is 11.7. The average Bonchev–Trinajstić information content (AvgIpc) is 2.60. The predicted octanol–water partition coefficient (Wildman–Crippen LogP) is 3.01. The van der Waals surface area contributed by atoms with Gasteiger partial charge in [-0.15, -0.1) is 0 Å². The van der Waals surface area contributed by atoms with Crippen molar-refractivity contribution in [3.05, 3.63) is 59.9 Å². The molecule has 0 aliphatic carbocycles. The van der Waals surface area contributed by atoms with Crippen molar-refractivity contribution < 1.29 is 9.84 Å². The number of phenols is 1. The van der Waals surface area contributed by atoms with E-state index in [2.05, 4.69) is 15.0 Å². The average molecular weight is 320 g/mol. The SMILES string of the molecule is COc1cccc(/C=C/c2nc(N)nc(-c3ccccc3O)n2)c1. The number of methoxy groups -OCH3 is 1. The van der Waals surface area contributed by atoms with Crippen LogP contribution in [0.4, 0.5) is 5.95 Å². The van der Waals surface area contributed by atoms with E-state index in [0.717, 1.165) is 11.3 Å². The molecule has 2 aromatic carbocycles. The third kappa shape index (κ3) is 3.49. The highest BCUT2D eigenvalue weighted by Crippen LogP contribution is 2.26. The van der Waals surface area contributed by atoms with E-state index in [1.807, 2.05) is 30.3 Å². The summed E-state index contributed by atoms with van der Waals surface area (Å²) in [4.78, 5) is 12.5. The van der Waals surface area contributed by atoms with E-state index in [4.69, 9.17) is 10.5 Å². The Kier molecular flexibility index (Phi) is 4.38. The van der Waals surface area contributed by atoms with Crippen molar-refractivity contribution in [2.45, 2.75) is 0 Å². The Bertz CT molecular complexity index is 894. The molecular weight excluding hydrogens is 304 g/mol. The van der Waals surface area contributed by atoms with Crippen molar-refractivity contribution in [1.82, 2.24) is 15.0 Å². The molecule has 1 heterocycles. The molecule has 0 spiro atoms. The fourth-order valence-corrected chi connectivity index (χ4v) is 2.18. The lowest BCUT2D eigenvalue weighted by molar-refractivity contribution is 0.414. The Labute approximate surface area is 139 Å². The molecule has 0 amide bonds. The molecule has 24 heavy (non-hydrogen) atoms. The van der Waals surface area contributed by atoms with Gasteiger partial charge in [0, 0.05) is 0 Å². The molecule has 6 heteroatoms.